The van der Waals surface area contributed by atoms with Gasteiger partial charge in [0, 0.05) is 25.8 Å². The van der Waals surface area contributed by atoms with Crippen LogP contribution in [0.25, 0.3) is 0 Å². The van der Waals surface area contributed by atoms with Gasteiger partial charge in [-0.1, -0.05) is 25.0 Å². The minimum atomic E-state index is -0.333. The molecule has 1 aromatic rings. The molecule has 1 fully saturated rings. The van der Waals surface area contributed by atoms with E-state index >= 15 is 0 Å². The van der Waals surface area contributed by atoms with Crippen LogP contribution in [0.3, 0.4) is 0 Å². The highest BCUT2D eigenvalue weighted by molar-refractivity contribution is 5.47. The Morgan fingerprint density at radius 2 is 1.79 bits per heavy atom. The van der Waals surface area contributed by atoms with Crippen molar-refractivity contribution in [3.63, 3.8) is 0 Å². The molecule has 0 radical (unpaired) electrons. The normalized spacial score (nSPS) is 19.4. The number of anilines is 1. The zero-order valence-electron chi connectivity index (χ0n) is 12.3. The van der Waals surface area contributed by atoms with Crippen molar-refractivity contribution in [3.05, 3.63) is 29.8 Å². The molecule has 1 aromatic carbocycles. The third-order valence-electron chi connectivity index (χ3n) is 4.21. The van der Waals surface area contributed by atoms with Crippen molar-refractivity contribution in [2.45, 2.75) is 44.2 Å². The lowest BCUT2D eigenvalue weighted by Crippen LogP contribution is -2.47. The Balaban J connectivity index is 2.14. The van der Waals surface area contributed by atoms with E-state index in [1.807, 2.05) is 14.1 Å². The van der Waals surface area contributed by atoms with E-state index in [9.17, 15) is 5.11 Å². The van der Waals surface area contributed by atoms with Crippen LogP contribution < -0.4 is 10.2 Å². The summed E-state index contributed by atoms with van der Waals surface area (Å²) in [7, 11) is 4.08. The second kappa shape index (κ2) is 5.93. The van der Waals surface area contributed by atoms with Gasteiger partial charge in [0.25, 0.3) is 0 Å². The van der Waals surface area contributed by atoms with E-state index < -0.39 is 0 Å². The molecule has 2 N–H and O–H groups in total. The minimum Gasteiger partial charge on any atom is -0.394 e. The Kier molecular flexibility index (Phi) is 4.48. The molecule has 3 nitrogen and oxygen atoms in total. The first-order chi connectivity index (χ1) is 9.05. The smallest absolute Gasteiger partial charge is 0.0652 e. The number of hydrogen-bond donors (Lipinski definition) is 2. The van der Waals surface area contributed by atoms with E-state index in [1.54, 1.807) is 0 Å². The summed E-state index contributed by atoms with van der Waals surface area (Å²) in [6, 6.07) is 9.01. The summed E-state index contributed by atoms with van der Waals surface area (Å²) in [6.07, 6.45) is 5.06. The number of benzene rings is 1. The van der Waals surface area contributed by atoms with Gasteiger partial charge in [-0.15, -0.1) is 0 Å². The number of aliphatic hydroxyl groups excluding tert-OH is 1. The molecular weight excluding hydrogens is 236 g/mol. The molecule has 0 bridgehead atoms. The maximum atomic E-state index is 9.80. The van der Waals surface area contributed by atoms with Crippen LogP contribution >= 0.6 is 0 Å². The Morgan fingerprint density at radius 1 is 1.21 bits per heavy atom. The van der Waals surface area contributed by atoms with E-state index in [1.165, 1.54) is 31.4 Å². The Bertz CT molecular complexity index is 396. The van der Waals surface area contributed by atoms with Gasteiger partial charge >= 0.3 is 0 Å². The van der Waals surface area contributed by atoms with E-state index in [-0.39, 0.29) is 12.1 Å². The van der Waals surface area contributed by atoms with E-state index in [2.05, 4.69) is 41.4 Å². The van der Waals surface area contributed by atoms with Gasteiger partial charge in [0.1, 0.15) is 0 Å². The molecule has 1 atom stereocenters. The van der Waals surface area contributed by atoms with Crippen LogP contribution in [0.5, 0.6) is 0 Å². The molecular formula is C16H26N2O. The number of nitrogens with zero attached hydrogens (tertiary/aromatic N) is 1. The quantitative estimate of drug-likeness (QED) is 0.856. The zero-order chi connectivity index (χ0) is 13.9. The summed E-state index contributed by atoms with van der Waals surface area (Å²) in [5.74, 6) is 0. The molecule has 1 aliphatic carbocycles. The van der Waals surface area contributed by atoms with Gasteiger partial charge in [0.05, 0.1) is 12.1 Å². The van der Waals surface area contributed by atoms with Gasteiger partial charge in [-0.05, 0) is 37.5 Å². The molecule has 0 aliphatic heterocycles. The van der Waals surface area contributed by atoms with Crippen LogP contribution in [-0.2, 0) is 5.54 Å². The van der Waals surface area contributed by atoms with Crippen LogP contribution in [0, 0.1) is 0 Å². The molecule has 1 unspecified atom stereocenters. The number of nitrogens with one attached hydrogen (secondary N) is 1. The summed E-state index contributed by atoms with van der Waals surface area (Å²) in [6.45, 7) is 2.22. The molecule has 0 aromatic heterocycles. The fourth-order valence-corrected chi connectivity index (χ4v) is 2.87. The third kappa shape index (κ3) is 3.28. The van der Waals surface area contributed by atoms with Crippen molar-refractivity contribution in [2.24, 2.45) is 0 Å². The molecule has 106 valence electrons. The van der Waals surface area contributed by atoms with E-state index in [0.29, 0.717) is 6.04 Å². The average molecular weight is 262 g/mol. The lowest BCUT2D eigenvalue weighted by atomic mass is 9.91. The highest BCUT2D eigenvalue weighted by Crippen LogP contribution is 2.27. The first-order valence-corrected chi connectivity index (χ1v) is 7.21. The maximum Gasteiger partial charge on any atom is 0.0652 e. The first-order valence-electron chi connectivity index (χ1n) is 7.21. The van der Waals surface area contributed by atoms with Crippen molar-refractivity contribution in [1.29, 1.82) is 0 Å². The van der Waals surface area contributed by atoms with Crippen molar-refractivity contribution in [2.75, 3.05) is 25.6 Å². The largest absolute Gasteiger partial charge is 0.394 e. The highest BCUT2D eigenvalue weighted by Gasteiger charge is 2.29. The number of hydrogen-bond acceptors (Lipinski definition) is 3. The fraction of sp³-hybridized carbons (Fsp3) is 0.625. The van der Waals surface area contributed by atoms with Crippen LogP contribution in [0.2, 0.25) is 0 Å². The van der Waals surface area contributed by atoms with Crippen molar-refractivity contribution in [3.8, 4) is 0 Å². The molecule has 0 heterocycles. The van der Waals surface area contributed by atoms with E-state index in [0.717, 1.165) is 5.56 Å². The SMILES string of the molecule is CN(C)c1ccc(C(C)(CO)NC2CCCC2)cc1. The monoisotopic (exact) mass is 262 g/mol. The van der Waals surface area contributed by atoms with Crippen molar-refractivity contribution >= 4 is 5.69 Å². The van der Waals surface area contributed by atoms with Gasteiger partial charge < -0.3 is 15.3 Å². The second-order valence-electron chi connectivity index (χ2n) is 6.06. The molecule has 19 heavy (non-hydrogen) atoms. The lowest BCUT2D eigenvalue weighted by molar-refractivity contribution is 0.161. The van der Waals surface area contributed by atoms with Gasteiger partial charge in [0.15, 0.2) is 0 Å². The third-order valence-corrected chi connectivity index (χ3v) is 4.21. The van der Waals surface area contributed by atoms with E-state index in [4.69, 9.17) is 0 Å². The number of aliphatic hydroxyl groups is 1. The van der Waals surface area contributed by atoms with Gasteiger partial charge in [-0.25, -0.2) is 0 Å². The topological polar surface area (TPSA) is 35.5 Å². The average Bonchev–Trinajstić information content (AvgIpc) is 2.91. The predicted octanol–water partition coefficient (Wildman–Crippen LogP) is 2.49. The zero-order valence-corrected chi connectivity index (χ0v) is 12.3. The summed E-state index contributed by atoms with van der Waals surface area (Å²) < 4.78 is 0. The second-order valence-corrected chi connectivity index (χ2v) is 6.06. The fourth-order valence-electron chi connectivity index (χ4n) is 2.87. The summed E-state index contributed by atoms with van der Waals surface area (Å²) in [4.78, 5) is 2.09. The molecule has 3 heteroatoms. The summed E-state index contributed by atoms with van der Waals surface area (Å²) in [5, 5.41) is 13.4. The first kappa shape index (κ1) is 14.4. The molecule has 0 amide bonds. The van der Waals surface area contributed by atoms with Crippen molar-refractivity contribution < 1.29 is 5.11 Å². The highest BCUT2D eigenvalue weighted by atomic mass is 16.3. The lowest BCUT2D eigenvalue weighted by Gasteiger charge is -2.33. The Hall–Kier alpha value is -1.06. The van der Waals surface area contributed by atoms with Crippen LogP contribution in [0.1, 0.15) is 38.2 Å². The van der Waals surface area contributed by atoms with Crippen LogP contribution in [0.4, 0.5) is 5.69 Å². The van der Waals surface area contributed by atoms with Gasteiger partial charge in [-0.2, -0.15) is 0 Å². The molecule has 0 saturated heterocycles. The maximum absolute atomic E-state index is 9.80. The minimum absolute atomic E-state index is 0.130. The van der Waals surface area contributed by atoms with Crippen molar-refractivity contribution in [1.82, 2.24) is 5.32 Å². The molecule has 2 rings (SSSR count). The van der Waals surface area contributed by atoms with Crippen LogP contribution in [-0.4, -0.2) is 31.9 Å². The summed E-state index contributed by atoms with van der Waals surface area (Å²) >= 11 is 0. The summed E-state index contributed by atoms with van der Waals surface area (Å²) in [5.41, 5.74) is 2.01. The molecule has 1 aliphatic rings. The number of rotatable bonds is 5. The van der Waals surface area contributed by atoms with Gasteiger partial charge in [-0.3, -0.25) is 0 Å². The standard InChI is InChI=1S/C16H26N2O/c1-16(12-19,17-14-6-4-5-7-14)13-8-10-15(11-9-13)18(2)3/h8-11,14,17,19H,4-7,12H2,1-3H3. The predicted molar refractivity (Wildman–Crippen MR) is 80.6 cm³/mol. The van der Waals surface area contributed by atoms with Crippen LogP contribution in [0.15, 0.2) is 24.3 Å². The molecule has 0 spiro atoms. The van der Waals surface area contributed by atoms with Gasteiger partial charge in [0.2, 0.25) is 0 Å². The Morgan fingerprint density at radius 3 is 2.26 bits per heavy atom. The Labute approximate surface area is 116 Å². The molecule has 1 saturated carbocycles.